The van der Waals surface area contributed by atoms with Crippen LogP contribution in [0, 0.1) is 0 Å². The minimum absolute atomic E-state index is 0.241. The van der Waals surface area contributed by atoms with E-state index in [0.29, 0.717) is 33.7 Å². The largest absolute Gasteiger partial charge is 0.352 e. The average molecular weight is 413 g/mol. The molecule has 0 radical (unpaired) electrons. The van der Waals surface area contributed by atoms with Crippen LogP contribution in [0.1, 0.15) is 20.9 Å². The first-order chi connectivity index (χ1) is 13.6. The average Bonchev–Trinajstić information content (AvgIpc) is 3.14. The molecule has 6 nitrogen and oxygen atoms in total. The summed E-state index contributed by atoms with van der Waals surface area (Å²) >= 11 is 7.27. The first-order valence-corrected chi connectivity index (χ1v) is 9.70. The molecule has 2 amide bonds. The van der Waals surface area contributed by atoms with Crippen LogP contribution in [0.5, 0.6) is 0 Å². The summed E-state index contributed by atoms with van der Waals surface area (Å²) in [6.07, 6.45) is 3.67. The topological polar surface area (TPSA) is 84.0 Å². The Morgan fingerprint density at radius 3 is 2.57 bits per heavy atom. The molecule has 28 heavy (non-hydrogen) atoms. The van der Waals surface area contributed by atoms with Crippen LogP contribution in [0.4, 0.5) is 5.13 Å². The molecule has 0 aliphatic rings. The predicted octanol–water partition coefficient (Wildman–Crippen LogP) is 3.82. The van der Waals surface area contributed by atoms with E-state index in [-0.39, 0.29) is 11.8 Å². The molecule has 1 heterocycles. The molecule has 2 aromatic carbocycles. The van der Waals surface area contributed by atoms with Crippen molar-refractivity contribution in [2.75, 3.05) is 11.9 Å². The number of amides is 2. The number of benzene rings is 2. The predicted molar refractivity (Wildman–Crippen MR) is 112 cm³/mol. The fraction of sp³-hybridized carbons (Fsp3) is 0.100. The summed E-state index contributed by atoms with van der Waals surface area (Å²) in [6.45, 7) is 0.389. The van der Waals surface area contributed by atoms with Gasteiger partial charge in [0.05, 0.1) is 10.6 Å². The van der Waals surface area contributed by atoms with Gasteiger partial charge < -0.3 is 5.32 Å². The Morgan fingerprint density at radius 2 is 1.79 bits per heavy atom. The first kappa shape index (κ1) is 19.7. The lowest BCUT2D eigenvalue weighted by Gasteiger charge is -2.05. The maximum Gasteiger partial charge on any atom is 0.252 e. The molecule has 0 fully saturated rings. The third-order valence-electron chi connectivity index (χ3n) is 3.67. The highest BCUT2D eigenvalue weighted by Crippen LogP contribution is 2.16. The van der Waals surface area contributed by atoms with Crippen molar-refractivity contribution < 1.29 is 9.59 Å². The highest BCUT2D eigenvalue weighted by Gasteiger charge is 2.10. The van der Waals surface area contributed by atoms with Gasteiger partial charge >= 0.3 is 0 Å². The number of hydrogen-bond donors (Lipinski definition) is 2. The molecule has 0 aliphatic heterocycles. The zero-order valence-corrected chi connectivity index (χ0v) is 16.3. The number of aromatic nitrogens is 2. The lowest BCUT2D eigenvalue weighted by atomic mass is 10.2. The molecule has 1 aromatic heterocycles. The van der Waals surface area contributed by atoms with Gasteiger partial charge in [-0.1, -0.05) is 65.4 Å². The van der Waals surface area contributed by atoms with E-state index in [2.05, 4.69) is 20.8 Å². The van der Waals surface area contributed by atoms with Crippen LogP contribution in [-0.2, 0) is 11.2 Å². The number of carbonyl (C=O) groups is 2. The summed E-state index contributed by atoms with van der Waals surface area (Å²) in [5.74, 6) is -0.520. The second kappa shape index (κ2) is 9.77. The second-order valence-corrected chi connectivity index (χ2v) is 7.19. The standard InChI is InChI=1S/C20H17ClN4O2S/c21-16-9-5-4-8-15(16)19(27)22-13-12-18-24-25-20(28-18)23-17(26)11-10-14-6-2-1-3-7-14/h1-11H,12-13H2,(H,22,27)(H,23,25,26)/b11-10+. The van der Waals surface area contributed by atoms with E-state index in [9.17, 15) is 9.59 Å². The minimum atomic E-state index is -0.279. The number of hydrogen-bond acceptors (Lipinski definition) is 5. The maximum atomic E-state index is 12.1. The van der Waals surface area contributed by atoms with Crippen molar-refractivity contribution in [3.8, 4) is 0 Å². The maximum absolute atomic E-state index is 12.1. The van der Waals surface area contributed by atoms with Gasteiger partial charge in [0.2, 0.25) is 11.0 Å². The van der Waals surface area contributed by atoms with E-state index in [1.54, 1.807) is 30.3 Å². The number of carbonyl (C=O) groups excluding carboxylic acids is 2. The van der Waals surface area contributed by atoms with Crippen LogP contribution >= 0.6 is 22.9 Å². The summed E-state index contributed by atoms with van der Waals surface area (Å²) in [5, 5.41) is 15.0. The van der Waals surface area contributed by atoms with Gasteiger partial charge in [-0.05, 0) is 23.8 Å². The molecule has 0 unspecified atom stereocenters. The highest BCUT2D eigenvalue weighted by molar-refractivity contribution is 7.15. The third-order valence-corrected chi connectivity index (χ3v) is 4.89. The van der Waals surface area contributed by atoms with Gasteiger partial charge in [-0.3, -0.25) is 14.9 Å². The number of anilines is 1. The van der Waals surface area contributed by atoms with E-state index < -0.39 is 0 Å². The Kier molecular flexibility index (Phi) is 6.89. The van der Waals surface area contributed by atoms with Gasteiger partial charge in [-0.25, -0.2) is 0 Å². The third kappa shape index (κ3) is 5.73. The first-order valence-electron chi connectivity index (χ1n) is 8.51. The molecule has 0 aliphatic carbocycles. The molecule has 0 bridgehead atoms. The van der Waals surface area contributed by atoms with Crippen molar-refractivity contribution in [1.29, 1.82) is 0 Å². The number of nitrogens with zero attached hydrogens (tertiary/aromatic N) is 2. The zero-order valence-electron chi connectivity index (χ0n) is 14.8. The Balaban J connectivity index is 1.46. The van der Waals surface area contributed by atoms with E-state index in [4.69, 9.17) is 11.6 Å². The summed E-state index contributed by atoms with van der Waals surface area (Å²) in [7, 11) is 0. The van der Waals surface area contributed by atoms with Gasteiger partial charge in [0.15, 0.2) is 0 Å². The van der Waals surface area contributed by atoms with Gasteiger partial charge in [-0.2, -0.15) is 0 Å². The second-order valence-electron chi connectivity index (χ2n) is 5.72. The van der Waals surface area contributed by atoms with Crippen LogP contribution in [0.15, 0.2) is 60.7 Å². The van der Waals surface area contributed by atoms with E-state index in [0.717, 1.165) is 5.56 Å². The molecule has 8 heteroatoms. The normalized spacial score (nSPS) is 10.8. The summed E-state index contributed by atoms with van der Waals surface area (Å²) in [6, 6.07) is 16.4. The van der Waals surface area contributed by atoms with Gasteiger partial charge in [0.25, 0.3) is 5.91 Å². The fourth-order valence-electron chi connectivity index (χ4n) is 2.31. The molecule has 2 N–H and O–H groups in total. The molecule has 142 valence electrons. The lowest BCUT2D eigenvalue weighted by Crippen LogP contribution is -2.25. The summed E-state index contributed by atoms with van der Waals surface area (Å²) < 4.78 is 0. The van der Waals surface area contributed by atoms with Crippen molar-refractivity contribution in [3.63, 3.8) is 0 Å². The zero-order chi connectivity index (χ0) is 19.8. The van der Waals surface area contributed by atoms with Crippen LogP contribution in [0.2, 0.25) is 5.02 Å². The highest BCUT2D eigenvalue weighted by atomic mass is 35.5. The van der Waals surface area contributed by atoms with E-state index >= 15 is 0 Å². The van der Waals surface area contributed by atoms with Crippen LogP contribution in [-0.4, -0.2) is 28.6 Å². The molecule has 0 atom stereocenters. The Labute approximate surface area is 171 Å². The minimum Gasteiger partial charge on any atom is -0.352 e. The molecule has 0 spiro atoms. The number of halogens is 1. The molecular weight excluding hydrogens is 396 g/mol. The molecule has 3 aromatic rings. The summed E-state index contributed by atoms with van der Waals surface area (Å²) in [5.41, 5.74) is 1.37. The fourth-order valence-corrected chi connectivity index (χ4v) is 3.28. The van der Waals surface area contributed by atoms with E-state index in [1.807, 2.05) is 30.3 Å². The Hall–Kier alpha value is -3.03. The molecule has 0 saturated carbocycles. The van der Waals surface area contributed by atoms with Crippen molar-refractivity contribution in [1.82, 2.24) is 15.5 Å². The van der Waals surface area contributed by atoms with Gasteiger partial charge in [0, 0.05) is 19.0 Å². The van der Waals surface area contributed by atoms with Gasteiger partial charge in [0.1, 0.15) is 5.01 Å². The van der Waals surface area contributed by atoms with Crippen molar-refractivity contribution in [3.05, 3.63) is 81.8 Å². The SMILES string of the molecule is O=C(/C=C/c1ccccc1)Nc1nnc(CCNC(=O)c2ccccc2Cl)s1. The smallest absolute Gasteiger partial charge is 0.252 e. The molecule has 3 rings (SSSR count). The van der Waals surface area contributed by atoms with Crippen molar-refractivity contribution in [2.24, 2.45) is 0 Å². The number of rotatable bonds is 7. The quantitative estimate of drug-likeness (QED) is 0.578. The van der Waals surface area contributed by atoms with Crippen molar-refractivity contribution in [2.45, 2.75) is 6.42 Å². The Morgan fingerprint density at radius 1 is 1.04 bits per heavy atom. The monoisotopic (exact) mass is 412 g/mol. The lowest BCUT2D eigenvalue weighted by molar-refractivity contribution is -0.111. The number of nitrogens with one attached hydrogen (secondary N) is 2. The molecular formula is C20H17ClN4O2S. The van der Waals surface area contributed by atoms with Crippen LogP contribution in [0.3, 0.4) is 0 Å². The molecule has 0 saturated heterocycles. The van der Waals surface area contributed by atoms with Crippen LogP contribution in [0.25, 0.3) is 6.08 Å². The Bertz CT molecular complexity index is 989. The van der Waals surface area contributed by atoms with Gasteiger partial charge in [-0.15, -0.1) is 10.2 Å². The van der Waals surface area contributed by atoms with E-state index in [1.165, 1.54) is 17.4 Å². The van der Waals surface area contributed by atoms with Crippen molar-refractivity contribution >= 4 is 46.0 Å². The van der Waals surface area contributed by atoms with Crippen LogP contribution < -0.4 is 10.6 Å². The summed E-state index contributed by atoms with van der Waals surface area (Å²) in [4.78, 5) is 24.1.